The van der Waals surface area contributed by atoms with Gasteiger partial charge in [0.25, 0.3) is 0 Å². The van der Waals surface area contributed by atoms with Crippen LogP contribution in [0.2, 0.25) is 0 Å². The summed E-state index contributed by atoms with van der Waals surface area (Å²) in [4.78, 5) is 4.83. The summed E-state index contributed by atoms with van der Waals surface area (Å²) in [5, 5.41) is 3.50. The van der Waals surface area contributed by atoms with Gasteiger partial charge in [-0.15, -0.1) is 0 Å². The van der Waals surface area contributed by atoms with Crippen LogP contribution in [-0.4, -0.2) is 17.3 Å². The molecule has 0 saturated heterocycles. The van der Waals surface area contributed by atoms with Crippen molar-refractivity contribution in [2.45, 2.75) is 5.54 Å². The van der Waals surface area contributed by atoms with Gasteiger partial charge < -0.3 is 9.88 Å². The molecule has 4 aromatic rings. The SMILES string of the molecule is Ic1cn(C(c2ccccc2)(c2ccccc2)c2ccccc2)c2c1NCC=N2. The number of anilines is 1. The molecule has 1 aliphatic heterocycles. The van der Waals surface area contributed by atoms with Gasteiger partial charge in [-0.2, -0.15) is 0 Å². The Kier molecular flexibility index (Phi) is 4.72. The van der Waals surface area contributed by atoms with Crippen LogP contribution in [0.25, 0.3) is 0 Å². The molecular weight excluding hydrogens is 469 g/mol. The van der Waals surface area contributed by atoms with Crippen molar-refractivity contribution in [3.63, 3.8) is 0 Å². The monoisotopic (exact) mass is 489 g/mol. The van der Waals surface area contributed by atoms with E-state index in [-0.39, 0.29) is 0 Å². The number of fused-ring (bicyclic) bond motifs is 1. The first-order valence-electron chi connectivity index (χ1n) is 9.66. The van der Waals surface area contributed by atoms with E-state index in [0.29, 0.717) is 0 Å². The molecule has 0 radical (unpaired) electrons. The minimum atomic E-state index is -0.534. The summed E-state index contributed by atoms with van der Waals surface area (Å²) in [5.74, 6) is 0.956. The molecule has 3 aromatic carbocycles. The molecule has 29 heavy (non-hydrogen) atoms. The van der Waals surface area contributed by atoms with Crippen LogP contribution in [0.4, 0.5) is 11.5 Å². The fourth-order valence-electron chi connectivity index (χ4n) is 4.25. The van der Waals surface area contributed by atoms with E-state index < -0.39 is 5.54 Å². The van der Waals surface area contributed by atoms with E-state index in [1.165, 1.54) is 20.3 Å². The second-order valence-corrected chi connectivity index (χ2v) is 8.21. The Morgan fingerprint density at radius 1 is 0.759 bits per heavy atom. The van der Waals surface area contributed by atoms with Crippen LogP contribution < -0.4 is 5.32 Å². The van der Waals surface area contributed by atoms with Crippen molar-refractivity contribution >= 4 is 40.3 Å². The highest BCUT2D eigenvalue weighted by molar-refractivity contribution is 14.1. The summed E-state index contributed by atoms with van der Waals surface area (Å²) in [6.45, 7) is 0.752. The van der Waals surface area contributed by atoms with E-state index in [1.54, 1.807) is 0 Å². The Hall–Kier alpha value is -2.86. The predicted molar refractivity (Wildman–Crippen MR) is 128 cm³/mol. The zero-order valence-corrected chi connectivity index (χ0v) is 18.0. The van der Waals surface area contributed by atoms with E-state index in [0.717, 1.165) is 18.1 Å². The maximum atomic E-state index is 4.83. The number of hydrogen-bond donors (Lipinski definition) is 1. The third kappa shape index (κ3) is 2.90. The van der Waals surface area contributed by atoms with Crippen LogP contribution >= 0.6 is 22.6 Å². The molecule has 0 bridgehead atoms. The lowest BCUT2D eigenvalue weighted by atomic mass is 9.76. The molecule has 1 aromatic heterocycles. The van der Waals surface area contributed by atoms with Crippen molar-refractivity contribution in [3.05, 3.63) is 117 Å². The van der Waals surface area contributed by atoms with Gasteiger partial charge in [0.2, 0.25) is 0 Å². The lowest BCUT2D eigenvalue weighted by molar-refractivity contribution is 0.521. The molecule has 0 atom stereocenters. The van der Waals surface area contributed by atoms with Crippen LogP contribution in [0.1, 0.15) is 16.7 Å². The Balaban J connectivity index is 1.94. The number of halogens is 1. The van der Waals surface area contributed by atoms with Crippen molar-refractivity contribution in [1.29, 1.82) is 0 Å². The average Bonchev–Trinajstić information content (AvgIpc) is 3.14. The van der Waals surface area contributed by atoms with Crippen LogP contribution in [0, 0.1) is 3.57 Å². The highest BCUT2D eigenvalue weighted by atomic mass is 127. The molecule has 0 spiro atoms. The van der Waals surface area contributed by atoms with Gasteiger partial charge in [0.1, 0.15) is 5.54 Å². The number of aromatic nitrogens is 1. The number of nitrogens with zero attached hydrogens (tertiary/aromatic N) is 2. The summed E-state index contributed by atoms with van der Waals surface area (Å²) in [7, 11) is 0. The second kappa shape index (κ2) is 7.52. The first kappa shape index (κ1) is 18.2. The summed E-state index contributed by atoms with van der Waals surface area (Å²) in [6, 6.07) is 32.1. The van der Waals surface area contributed by atoms with E-state index in [4.69, 9.17) is 4.99 Å². The van der Waals surface area contributed by atoms with Crippen LogP contribution in [0.5, 0.6) is 0 Å². The number of rotatable bonds is 4. The quantitative estimate of drug-likeness (QED) is 0.274. The molecule has 2 heterocycles. The fourth-order valence-corrected chi connectivity index (χ4v) is 4.96. The van der Waals surface area contributed by atoms with Gasteiger partial charge >= 0.3 is 0 Å². The molecule has 1 aliphatic rings. The molecule has 142 valence electrons. The zero-order chi connectivity index (χ0) is 19.7. The summed E-state index contributed by atoms with van der Waals surface area (Å²) in [6.07, 6.45) is 4.16. The zero-order valence-electron chi connectivity index (χ0n) is 15.8. The van der Waals surface area contributed by atoms with Crippen LogP contribution in [0.3, 0.4) is 0 Å². The minimum Gasteiger partial charge on any atom is -0.376 e. The maximum Gasteiger partial charge on any atom is 0.158 e. The van der Waals surface area contributed by atoms with Crippen LogP contribution in [0.15, 0.2) is 102 Å². The van der Waals surface area contributed by atoms with E-state index >= 15 is 0 Å². The van der Waals surface area contributed by atoms with Gasteiger partial charge in [-0.3, -0.25) is 0 Å². The van der Waals surface area contributed by atoms with E-state index in [2.05, 4.69) is 130 Å². The van der Waals surface area contributed by atoms with E-state index in [9.17, 15) is 0 Å². The molecular formula is C25H20IN3. The molecule has 0 fully saturated rings. The smallest absolute Gasteiger partial charge is 0.158 e. The van der Waals surface area contributed by atoms with Crippen LogP contribution in [-0.2, 0) is 5.54 Å². The topological polar surface area (TPSA) is 29.3 Å². The molecule has 5 rings (SSSR count). The predicted octanol–water partition coefficient (Wildman–Crippen LogP) is 6.06. The van der Waals surface area contributed by atoms with Crippen molar-refractivity contribution in [2.24, 2.45) is 4.99 Å². The summed E-state index contributed by atoms with van der Waals surface area (Å²) >= 11 is 2.41. The Morgan fingerprint density at radius 2 is 1.24 bits per heavy atom. The second-order valence-electron chi connectivity index (χ2n) is 7.05. The standard InChI is InChI=1S/C25H20IN3/c26-22-18-29(24-23(22)27-16-17-28-24)25(19-10-4-1-5-11-19,20-12-6-2-7-13-20)21-14-8-3-9-15-21/h1-15,17-18,27H,16H2. The number of nitrogens with one attached hydrogen (secondary N) is 1. The number of aliphatic imine (C=N–C) groups is 1. The molecule has 0 saturated carbocycles. The number of hydrogen-bond acceptors (Lipinski definition) is 2. The van der Waals surface area contributed by atoms with E-state index in [1.807, 2.05) is 6.21 Å². The highest BCUT2D eigenvalue weighted by Gasteiger charge is 2.40. The van der Waals surface area contributed by atoms with Crippen molar-refractivity contribution in [3.8, 4) is 0 Å². The third-order valence-corrected chi connectivity index (χ3v) is 6.27. The van der Waals surface area contributed by atoms with Gasteiger partial charge in [0.05, 0.1) is 15.8 Å². The number of benzene rings is 3. The molecule has 3 nitrogen and oxygen atoms in total. The van der Waals surface area contributed by atoms with Gasteiger partial charge in [-0.05, 0) is 39.3 Å². The highest BCUT2D eigenvalue weighted by Crippen LogP contribution is 2.47. The van der Waals surface area contributed by atoms with Crippen molar-refractivity contribution < 1.29 is 0 Å². The first-order chi connectivity index (χ1) is 14.3. The van der Waals surface area contributed by atoms with Gasteiger partial charge in [0, 0.05) is 12.4 Å². The molecule has 0 unspecified atom stereocenters. The Morgan fingerprint density at radius 3 is 1.72 bits per heavy atom. The average molecular weight is 489 g/mol. The lowest BCUT2D eigenvalue weighted by Crippen LogP contribution is -2.37. The van der Waals surface area contributed by atoms with Gasteiger partial charge in [-0.25, -0.2) is 4.99 Å². The Labute approximate surface area is 184 Å². The Bertz CT molecular complexity index is 1050. The molecule has 4 heteroatoms. The van der Waals surface area contributed by atoms with Crippen molar-refractivity contribution in [2.75, 3.05) is 11.9 Å². The summed E-state index contributed by atoms with van der Waals surface area (Å²) < 4.78 is 3.49. The van der Waals surface area contributed by atoms with Crippen molar-refractivity contribution in [1.82, 2.24) is 4.57 Å². The van der Waals surface area contributed by atoms with Gasteiger partial charge in [0.15, 0.2) is 5.82 Å². The fraction of sp³-hybridized carbons (Fsp3) is 0.0800. The maximum absolute atomic E-state index is 4.83. The molecule has 0 aliphatic carbocycles. The molecule has 0 amide bonds. The third-order valence-electron chi connectivity index (χ3n) is 5.45. The summed E-state index contributed by atoms with van der Waals surface area (Å²) in [5.41, 5.74) is 4.17. The minimum absolute atomic E-state index is 0.534. The molecule has 1 N–H and O–H groups in total. The largest absolute Gasteiger partial charge is 0.376 e. The van der Waals surface area contributed by atoms with Gasteiger partial charge in [-0.1, -0.05) is 91.0 Å². The first-order valence-corrected chi connectivity index (χ1v) is 10.7. The normalized spacial score (nSPS) is 13.0. The lowest BCUT2D eigenvalue weighted by Gasteiger charge is -2.38.